The molecule has 704 valence electrons. The van der Waals surface area contributed by atoms with E-state index in [2.05, 4.69) is 65.8 Å². The molecule has 0 N–H and O–H groups in total. The maximum atomic E-state index is 6.75. The molecular weight excluding hydrogens is 1580 g/mol. The lowest BCUT2D eigenvalue weighted by Gasteiger charge is -2.41. The van der Waals surface area contributed by atoms with Gasteiger partial charge in [-0.05, 0) is 219 Å². The first-order chi connectivity index (χ1) is 57.2. The first-order valence-electron chi connectivity index (χ1n) is 46.1. The van der Waals surface area contributed by atoms with Gasteiger partial charge in [0.1, 0.15) is 6.79 Å². The highest BCUT2D eigenvalue weighted by Crippen LogP contribution is 2.28. The molecule has 0 heterocycles. The molecule has 1 atom stereocenters. The van der Waals surface area contributed by atoms with Crippen LogP contribution in [0.15, 0.2) is 0 Å². The van der Waals surface area contributed by atoms with Crippen LogP contribution in [0.5, 0.6) is 0 Å². The molecule has 0 aromatic carbocycles. The molecule has 0 saturated heterocycles. The maximum Gasteiger partial charge on any atom is 0.315 e. The van der Waals surface area contributed by atoms with E-state index in [0.29, 0.717) is 264 Å². The number of hydrogen-bond donors (Lipinski definition) is 0. The average Bonchev–Trinajstić information content (AvgIpc) is 0.821. The Morgan fingerprint density at radius 1 is 0.137 bits per heavy atom. The van der Waals surface area contributed by atoms with Crippen LogP contribution >= 0.6 is 0 Å². The van der Waals surface area contributed by atoms with Crippen molar-refractivity contribution in [3.05, 3.63) is 0 Å². The Labute approximate surface area is 718 Å². The summed E-state index contributed by atoms with van der Waals surface area (Å²) in [6.07, 6.45) is 26.8. The van der Waals surface area contributed by atoms with Crippen molar-refractivity contribution in [3.8, 4) is 0 Å². The molecule has 0 bridgehead atoms. The molecule has 0 aliphatic rings. The minimum Gasteiger partial charge on any atom is -0.437 e. The predicted molar refractivity (Wildman–Crippen MR) is 474 cm³/mol. The number of hydrogen-bond acceptors (Lipinski definition) is 27. The molecule has 0 aliphatic heterocycles. The van der Waals surface area contributed by atoms with E-state index < -0.39 is 33.8 Å². The quantitative estimate of drug-likeness (QED) is 0.0312. The minimum absolute atomic E-state index is 0.284. The van der Waals surface area contributed by atoms with Crippen LogP contribution in [0.2, 0.25) is 65.0 Å². The molecule has 0 aromatic rings. The van der Waals surface area contributed by atoms with E-state index in [1.807, 2.05) is 0 Å². The second-order valence-electron chi connectivity index (χ2n) is 31.8. The molecule has 0 aromatic heterocycles. The van der Waals surface area contributed by atoms with Gasteiger partial charge in [-0.3, -0.25) is 0 Å². The van der Waals surface area contributed by atoms with Crippen molar-refractivity contribution in [1.82, 2.24) is 0 Å². The standard InChI is InChI=1S/C86H182O27Si4/c1-11-12-13-14-15-39-87-40-16-41-88-42-17-43-89-44-18-45-90-46-19-47-91-48-20-49-92-50-21-51-93-52-22-53-94-54-23-55-95-56-24-57-96-58-25-59-97-60-26-61-98-62-27-63-99-64-28-65-100-66-29-67-101-68-30-69-102-70-31-71-103-72-32-73-104-74-33-75-105-76-34-77-106-78-35-79-107-80-36-81-108-82-37-83-109-86-110-84-38-85-117(10,112-115(5,6)7)113-116(8,9)111-114(2,3)4/h11-86H2,1-10H3. The van der Waals surface area contributed by atoms with Gasteiger partial charge in [-0.2, -0.15) is 0 Å². The summed E-state index contributed by atoms with van der Waals surface area (Å²) in [5.41, 5.74) is 0. The zero-order valence-corrected chi connectivity index (χ0v) is 80.8. The molecule has 0 amide bonds. The summed E-state index contributed by atoms with van der Waals surface area (Å²) in [5, 5.41) is 0. The smallest absolute Gasteiger partial charge is 0.315 e. The van der Waals surface area contributed by atoms with Gasteiger partial charge >= 0.3 is 17.1 Å². The Balaban J connectivity index is 3.18. The monoisotopic (exact) mass is 1760 g/mol. The number of rotatable bonds is 106. The number of ether oxygens (including phenoxy) is 24. The highest BCUT2D eigenvalue weighted by atomic mass is 28.5. The third kappa shape index (κ3) is 104. The fraction of sp³-hybridized carbons (Fsp3) is 1.00. The molecule has 0 rings (SSSR count). The summed E-state index contributed by atoms with van der Waals surface area (Å²) < 4.78 is 157. The number of unbranched alkanes of at least 4 members (excludes halogenated alkanes) is 4. The fourth-order valence-corrected chi connectivity index (χ4v) is 29.5. The lowest BCUT2D eigenvalue weighted by atomic mass is 10.2. The van der Waals surface area contributed by atoms with E-state index in [4.69, 9.17) is 126 Å². The van der Waals surface area contributed by atoms with Gasteiger partial charge in [-0.25, -0.2) is 0 Å². The van der Waals surface area contributed by atoms with E-state index in [-0.39, 0.29) is 6.79 Å². The summed E-state index contributed by atoms with van der Waals surface area (Å²) in [4.78, 5) is 0. The maximum absolute atomic E-state index is 6.75. The van der Waals surface area contributed by atoms with E-state index in [0.717, 1.165) is 193 Å². The molecule has 0 fully saturated rings. The van der Waals surface area contributed by atoms with Gasteiger partial charge in [-0.1, -0.05) is 32.6 Å². The van der Waals surface area contributed by atoms with Gasteiger partial charge in [0.25, 0.3) is 0 Å². The summed E-state index contributed by atoms with van der Waals surface area (Å²) in [7, 11) is -8.20. The SMILES string of the molecule is CCCCCCCOCCCOCCCOCCCOCCCOCCCOCCCOCCCOCCCOCCCOCCCOCCCOCCCOCCCOCCCOCCCOCCCOCCCOCCCOCCCOCCCOCCCOCCCOCOCCC[Si](C)(O[Si](C)(C)C)O[Si](C)(C)O[Si](C)(C)C. The van der Waals surface area contributed by atoms with Crippen molar-refractivity contribution in [2.75, 3.05) is 311 Å². The van der Waals surface area contributed by atoms with E-state index in [9.17, 15) is 0 Å². The van der Waals surface area contributed by atoms with Gasteiger partial charge in [-0.15, -0.1) is 0 Å². The fourth-order valence-electron chi connectivity index (χ4n) is 11.6. The van der Waals surface area contributed by atoms with Crippen molar-refractivity contribution >= 4 is 33.8 Å². The lowest BCUT2D eigenvalue weighted by molar-refractivity contribution is -0.0585. The van der Waals surface area contributed by atoms with Crippen molar-refractivity contribution in [1.29, 1.82) is 0 Å². The van der Waals surface area contributed by atoms with Crippen LogP contribution in [-0.4, -0.2) is 344 Å². The van der Waals surface area contributed by atoms with Crippen molar-refractivity contribution in [3.63, 3.8) is 0 Å². The molecule has 0 radical (unpaired) electrons. The molecule has 0 aliphatic carbocycles. The molecular formula is C86H182O27Si4. The normalized spacial score (nSPS) is 12.9. The first kappa shape index (κ1) is 117. The second-order valence-corrected chi connectivity index (χ2v) is 48.2. The topological polar surface area (TPSA) is 249 Å². The molecule has 1 unspecified atom stereocenters. The van der Waals surface area contributed by atoms with Crippen LogP contribution in [0.4, 0.5) is 0 Å². The summed E-state index contributed by atoms with van der Waals surface area (Å²) in [5.74, 6) is 0. The molecule has 117 heavy (non-hydrogen) atoms. The average molecular weight is 1760 g/mol. The zero-order chi connectivity index (χ0) is 84.8. The molecule has 27 nitrogen and oxygen atoms in total. The molecule has 0 saturated carbocycles. The van der Waals surface area contributed by atoms with Gasteiger partial charge in [0, 0.05) is 297 Å². The van der Waals surface area contributed by atoms with E-state index in [1.54, 1.807) is 0 Å². The van der Waals surface area contributed by atoms with Crippen molar-refractivity contribution in [2.45, 2.75) is 252 Å². The Bertz CT molecular complexity index is 1860. The highest BCUT2D eigenvalue weighted by molar-refractivity contribution is 6.89. The minimum atomic E-state index is -2.41. The van der Waals surface area contributed by atoms with Crippen molar-refractivity contribution in [2.24, 2.45) is 0 Å². The Morgan fingerprint density at radius 3 is 0.444 bits per heavy atom. The van der Waals surface area contributed by atoms with Crippen LogP contribution in [0.3, 0.4) is 0 Å². The largest absolute Gasteiger partial charge is 0.437 e. The van der Waals surface area contributed by atoms with Crippen LogP contribution < -0.4 is 0 Å². The summed E-state index contributed by atoms with van der Waals surface area (Å²) in [6.45, 7) is 54.6. The van der Waals surface area contributed by atoms with Gasteiger partial charge in [0.15, 0.2) is 16.6 Å². The lowest BCUT2D eigenvalue weighted by Crippen LogP contribution is -2.56. The summed E-state index contributed by atoms with van der Waals surface area (Å²) >= 11 is 0. The van der Waals surface area contributed by atoms with Crippen LogP contribution in [0, 0.1) is 0 Å². The third-order valence-corrected chi connectivity index (χ3v) is 30.3. The first-order valence-corrected chi connectivity index (χ1v) is 58.3. The Kier molecular flexibility index (Phi) is 94.7. The molecule has 0 spiro atoms. The highest BCUT2D eigenvalue weighted by Gasteiger charge is 2.44. The predicted octanol–water partition coefficient (Wildman–Crippen LogP) is 15.8. The van der Waals surface area contributed by atoms with Crippen LogP contribution in [-0.2, 0) is 126 Å². The Hall–Kier alpha value is -0.212. The van der Waals surface area contributed by atoms with Gasteiger partial charge in [0.05, 0.1) is 6.61 Å². The van der Waals surface area contributed by atoms with E-state index in [1.165, 1.54) is 32.1 Å². The van der Waals surface area contributed by atoms with E-state index >= 15 is 0 Å². The van der Waals surface area contributed by atoms with Gasteiger partial charge in [0.2, 0.25) is 0 Å². The second kappa shape index (κ2) is 94.9. The summed E-state index contributed by atoms with van der Waals surface area (Å²) in [6, 6.07) is 0.877. The van der Waals surface area contributed by atoms with Crippen LogP contribution in [0.1, 0.15) is 187 Å². The zero-order valence-electron chi connectivity index (χ0n) is 76.8. The molecule has 31 heteroatoms. The van der Waals surface area contributed by atoms with Crippen molar-refractivity contribution < 1.29 is 126 Å². The Morgan fingerprint density at radius 2 is 0.282 bits per heavy atom. The third-order valence-electron chi connectivity index (χ3n) is 16.7. The van der Waals surface area contributed by atoms with Gasteiger partial charge < -0.3 is 126 Å². The van der Waals surface area contributed by atoms with Crippen LogP contribution in [0.25, 0.3) is 0 Å².